The largest absolute Gasteiger partial charge is 0.508 e. The normalized spacial score (nSPS) is 15.5. The Labute approximate surface area is 172 Å². The fourth-order valence-electron chi connectivity index (χ4n) is 3.67. The highest BCUT2D eigenvalue weighted by Gasteiger charge is 2.20. The number of aromatic hydroxyl groups is 1. The van der Waals surface area contributed by atoms with E-state index in [9.17, 15) is 9.90 Å². The first-order valence-corrected chi connectivity index (χ1v) is 10.1. The summed E-state index contributed by atoms with van der Waals surface area (Å²) in [6.07, 6.45) is 0.829. The number of piperazine rings is 1. The summed E-state index contributed by atoms with van der Waals surface area (Å²) in [4.78, 5) is 16.5. The highest BCUT2D eigenvalue weighted by atomic mass is 16.5. The molecule has 158 valence electrons. The minimum Gasteiger partial charge on any atom is -0.508 e. The van der Waals surface area contributed by atoms with Crippen molar-refractivity contribution in [1.82, 2.24) is 15.1 Å². The first-order chi connectivity index (χ1) is 14.1. The van der Waals surface area contributed by atoms with E-state index in [1.807, 2.05) is 24.3 Å². The van der Waals surface area contributed by atoms with E-state index in [1.54, 1.807) is 20.3 Å². The molecule has 1 amide bonds. The molecule has 0 radical (unpaired) electrons. The molecule has 0 atom stereocenters. The second-order valence-electron chi connectivity index (χ2n) is 7.40. The van der Waals surface area contributed by atoms with E-state index < -0.39 is 0 Å². The monoisotopic (exact) mass is 401 g/mol. The van der Waals surface area contributed by atoms with Crippen LogP contribution in [0.15, 0.2) is 30.3 Å². The zero-order chi connectivity index (χ0) is 20.6. The van der Waals surface area contributed by atoms with E-state index >= 15 is 0 Å². The van der Waals surface area contributed by atoms with Gasteiger partial charge < -0.3 is 19.9 Å². The summed E-state index contributed by atoms with van der Waals surface area (Å²) in [6, 6.07) is 9.61. The molecule has 7 heteroatoms. The van der Waals surface area contributed by atoms with Crippen molar-refractivity contribution < 1.29 is 19.4 Å². The second kappa shape index (κ2) is 10.4. The van der Waals surface area contributed by atoms with E-state index in [0.717, 1.165) is 54.7 Å². The molecule has 3 rings (SSSR count). The standard InChI is InChI=1S/C22H31N3O4/c1-28-13-3-8-23-22(27)16-25-11-9-24(10-12-25)15-20-19-14-18(29-2)6-4-17(19)5-7-21(20)26/h4-7,14,26H,3,8-13,15-16H2,1-2H3,(H,23,27). The van der Waals surface area contributed by atoms with Crippen molar-refractivity contribution in [2.75, 3.05) is 60.1 Å². The first-order valence-electron chi connectivity index (χ1n) is 10.1. The highest BCUT2D eigenvalue weighted by Crippen LogP contribution is 2.31. The van der Waals surface area contributed by atoms with E-state index in [-0.39, 0.29) is 5.91 Å². The van der Waals surface area contributed by atoms with Gasteiger partial charge in [0.1, 0.15) is 11.5 Å². The van der Waals surface area contributed by atoms with Crippen LogP contribution in [0.2, 0.25) is 0 Å². The van der Waals surface area contributed by atoms with Crippen LogP contribution in [0.25, 0.3) is 10.8 Å². The van der Waals surface area contributed by atoms with Gasteiger partial charge in [-0.1, -0.05) is 12.1 Å². The van der Waals surface area contributed by atoms with Gasteiger partial charge in [-0.15, -0.1) is 0 Å². The summed E-state index contributed by atoms with van der Waals surface area (Å²) in [5, 5.41) is 15.5. The maximum absolute atomic E-state index is 12.0. The molecule has 2 N–H and O–H groups in total. The number of carbonyl (C=O) groups excluding carboxylic acids is 1. The Morgan fingerprint density at radius 1 is 1.10 bits per heavy atom. The van der Waals surface area contributed by atoms with Crippen LogP contribution in [0.4, 0.5) is 0 Å². The topological polar surface area (TPSA) is 74.3 Å². The smallest absolute Gasteiger partial charge is 0.234 e. The molecule has 0 spiro atoms. The Balaban J connectivity index is 1.54. The Morgan fingerprint density at radius 3 is 2.55 bits per heavy atom. The van der Waals surface area contributed by atoms with Gasteiger partial charge in [-0.3, -0.25) is 14.6 Å². The fourth-order valence-corrected chi connectivity index (χ4v) is 3.67. The van der Waals surface area contributed by atoms with Crippen molar-refractivity contribution in [2.45, 2.75) is 13.0 Å². The van der Waals surface area contributed by atoms with Crippen LogP contribution < -0.4 is 10.1 Å². The Kier molecular flexibility index (Phi) is 7.69. The van der Waals surface area contributed by atoms with Crippen molar-refractivity contribution >= 4 is 16.7 Å². The number of phenolic OH excluding ortho intramolecular Hbond substituents is 1. The van der Waals surface area contributed by atoms with Crippen LogP contribution in [0.1, 0.15) is 12.0 Å². The molecular formula is C22H31N3O4. The van der Waals surface area contributed by atoms with Crippen molar-refractivity contribution in [1.29, 1.82) is 0 Å². The number of benzene rings is 2. The average Bonchev–Trinajstić information content (AvgIpc) is 2.74. The van der Waals surface area contributed by atoms with Crippen LogP contribution in [0.3, 0.4) is 0 Å². The van der Waals surface area contributed by atoms with Gasteiger partial charge in [0, 0.05) is 58.5 Å². The number of amides is 1. The van der Waals surface area contributed by atoms with Crippen molar-refractivity contribution in [2.24, 2.45) is 0 Å². The van der Waals surface area contributed by atoms with Gasteiger partial charge >= 0.3 is 0 Å². The minimum absolute atomic E-state index is 0.0633. The van der Waals surface area contributed by atoms with Gasteiger partial charge in [-0.25, -0.2) is 0 Å². The summed E-state index contributed by atoms with van der Waals surface area (Å²) in [5.41, 5.74) is 0.922. The lowest BCUT2D eigenvalue weighted by Gasteiger charge is -2.34. The third kappa shape index (κ3) is 5.82. The molecular weight excluding hydrogens is 370 g/mol. The van der Waals surface area contributed by atoms with Crippen LogP contribution >= 0.6 is 0 Å². The zero-order valence-electron chi connectivity index (χ0n) is 17.3. The molecule has 0 aromatic heterocycles. The average molecular weight is 402 g/mol. The Bertz CT molecular complexity index is 819. The molecule has 7 nitrogen and oxygen atoms in total. The van der Waals surface area contributed by atoms with Crippen LogP contribution in [-0.2, 0) is 16.1 Å². The van der Waals surface area contributed by atoms with Gasteiger partial charge in [0.2, 0.25) is 5.91 Å². The van der Waals surface area contributed by atoms with Gasteiger partial charge in [0.25, 0.3) is 0 Å². The zero-order valence-corrected chi connectivity index (χ0v) is 17.3. The van der Waals surface area contributed by atoms with Gasteiger partial charge in [0.05, 0.1) is 13.7 Å². The number of nitrogens with zero attached hydrogens (tertiary/aromatic N) is 2. The molecule has 0 unspecified atom stereocenters. The number of carbonyl (C=O) groups is 1. The number of rotatable bonds is 9. The summed E-state index contributed by atoms with van der Waals surface area (Å²) in [6.45, 7) is 5.79. The van der Waals surface area contributed by atoms with E-state index in [1.165, 1.54) is 0 Å². The lowest BCUT2D eigenvalue weighted by Crippen LogP contribution is -2.49. The molecule has 0 aliphatic carbocycles. The number of phenols is 1. The number of hydrogen-bond donors (Lipinski definition) is 2. The lowest BCUT2D eigenvalue weighted by atomic mass is 10.0. The summed E-state index contributed by atoms with van der Waals surface area (Å²) in [7, 11) is 3.31. The van der Waals surface area contributed by atoms with E-state index in [2.05, 4.69) is 15.1 Å². The minimum atomic E-state index is 0.0633. The Morgan fingerprint density at radius 2 is 1.83 bits per heavy atom. The molecule has 1 heterocycles. The third-order valence-electron chi connectivity index (χ3n) is 5.38. The molecule has 29 heavy (non-hydrogen) atoms. The molecule has 1 aliphatic rings. The van der Waals surface area contributed by atoms with Crippen molar-refractivity contribution in [3.05, 3.63) is 35.9 Å². The first kappa shape index (κ1) is 21.4. The summed E-state index contributed by atoms with van der Waals surface area (Å²) >= 11 is 0. The van der Waals surface area contributed by atoms with Gasteiger partial charge in [-0.2, -0.15) is 0 Å². The lowest BCUT2D eigenvalue weighted by molar-refractivity contribution is -0.122. The molecule has 1 saturated heterocycles. The number of fused-ring (bicyclic) bond motifs is 1. The third-order valence-corrected chi connectivity index (χ3v) is 5.38. The quantitative estimate of drug-likeness (QED) is 0.625. The number of nitrogens with one attached hydrogen (secondary N) is 1. The maximum atomic E-state index is 12.0. The molecule has 2 aromatic carbocycles. The predicted molar refractivity (Wildman–Crippen MR) is 113 cm³/mol. The molecule has 1 fully saturated rings. The number of ether oxygens (including phenoxy) is 2. The number of methoxy groups -OCH3 is 2. The van der Waals surface area contributed by atoms with Gasteiger partial charge in [-0.05, 0) is 35.4 Å². The predicted octanol–water partition coefficient (Wildman–Crippen LogP) is 1.82. The van der Waals surface area contributed by atoms with E-state index in [4.69, 9.17) is 9.47 Å². The Hall–Kier alpha value is -2.35. The highest BCUT2D eigenvalue weighted by molar-refractivity contribution is 5.89. The van der Waals surface area contributed by atoms with Crippen molar-refractivity contribution in [3.8, 4) is 11.5 Å². The molecule has 0 bridgehead atoms. The number of hydrogen-bond acceptors (Lipinski definition) is 6. The summed E-state index contributed by atoms with van der Waals surface area (Å²) in [5.74, 6) is 1.16. The fraction of sp³-hybridized carbons (Fsp3) is 0.500. The maximum Gasteiger partial charge on any atom is 0.234 e. The van der Waals surface area contributed by atoms with Gasteiger partial charge in [0.15, 0.2) is 0 Å². The molecule has 2 aromatic rings. The van der Waals surface area contributed by atoms with Crippen LogP contribution in [0, 0.1) is 0 Å². The van der Waals surface area contributed by atoms with Crippen LogP contribution in [-0.4, -0.2) is 80.9 Å². The second-order valence-corrected chi connectivity index (χ2v) is 7.40. The van der Waals surface area contributed by atoms with E-state index in [0.29, 0.717) is 32.0 Å². The SMILES string of the molecule is COCCCNC(=O)CN1CCN(Cc2c(O)ccc3ccc(OC)cc23)CC1. The van der Waals surface area contributed by atoms with Crippen LogP contribution in [0.5, 0.6) is 11.5 Å². The molecule has 0 saturated carbocycles. The molecule has 1 aliphatic heterocycles. The van der Waals surface area contributed by atoms with Crippen molar-refractivity contribution in [3.63, 3.8) is 0 Å². The summed E-state index contributed by atoms with van der Waals surface area (Å²) < 4.78 is 10.3.